The summed E-state index contributed by atoms with van der Waals surface area (Å²) in [6.45, 7) is 1.43. The van der Waals surface area contributed by atoms with Gasteiger partial charge in [0.1, 0.15) is 0 Å². The molecule has 2 aromatic carbocycles. The maximum Gasteiger partial charge on any atom is 0.261 e. The molecule has 0 N–H and O–H groups in total. The zero-order chi connectivity index (χ0) is 18.1. The number of halogens is 2. The summed E-state index contributed by atoms with van der Waals surface area (Å²) in [6.07, 6.45) is 1.57. The van der Waals surface area contributed by atoms with Crippen molar-refractivity contribution in [2.24, 2.45) is 0 Å². The van der Waals surface area contributed by atoms with Crippen molar-refractivity contribution in [3.8, 4) is 0 Å². The van der Waals surface area contributed by atoms with Crippen molar-refractivity contribution in [1.29, 1.82) is 0 Å². The van der Waals surface area contributed by atoms with Crippen LogP contribution in [0.1, 0.15) is 29.3 Å². The van der Waals surface area contributed by atoms with Gasteiger partial charge in [0.25, 0.3) is 5.91 Å². The Balaban J connectivity index is 1.96. The zero-order valence-electron chi connectivity index (χ0n) is 13.3. The molecule has 6 heteroatoms. The van der Waals surface area contributed by atoms with E-state index in [2.05, 4.69) is 0 Å². The van der Waals surface area contributed by atoms with Crippen LogP contribution in [0.4, 0.5) is 5.69 Å². The molecule has 0 spiro atoms. The molecule has 2 amide bonds. The number of anilines is 1. The lowest BCUT2D eigenvalue weighted by Crippen LogP contribution is -2.29. The van der Waals surface area contributed by atoms with Crippen LogP contribution in [0.3, 0.4) is 0 Å². The van der Waals surface area contributed by atoms with Crippen molar-refractivity contribution in [2.45, 2.75) is 13.3 Å². The van der Waals surface area contributed by atoms with Crippen molar-refractivity contribution >= 4 is 52.6 Å². The minimum absolute atomic E-state index is 0.0257. The molecule has 0 unspecified atom stereocenters. The number of rotatable bonds is 3. The number of nitrogens with zero attached hydrogens (tertiary/aromatic N) is 1. The normalized spacial score (nSPS) is 16.0. The standard InChI is InChI=1S/C19H13Cl2NO3/c1-11(23)12-3-2-4-16(8-12)22-18(24)9-14(19(22)25)7-13-5-6-15(20)10-17(13)21/h2-8,10H,9H2,1H3. The number of ketones is 1. The Kier molecular flexibility index (Phi) is 4.75. The van der Waals surface area contributed by atoms with E-state index >= 15 is 0 Å². The molecule has 0 aromatic heterocycles. The summed E-state index contributed by atoms with van der Waals surface area (Å²) in [5, 5.41) is 0.890. The van der Waals surface area contributed by atoms with Gasteiger partial charge in [-0.2, -0.15) is 0 Å². The molecular weight excluding hydrogens is 361 g/mol. The highest BCUT2D eigenvalue weighted by molar-refractivity contribution is 6.36. The van der Waals surface area contributed by atoms with Crippen molar-refractivity contribution in [3.63, 3.8) is 0 Å². The molecule has 126 valence electrons. The van der Waals surface area contributed by atoms with Gasteiger partial charge >= 0.3 is 0 Å². The summed E-state index contributed by atoms with van der Waals surface area (Å²) in [5.41, 5.74) is 1.77. The van der Waals surface area contributed by atoms with Crippen LogP contribution in [-0.4, -0.2) is 17.6 Å². The number of hydrogen-bond acceptors (Lipinski definition) is 3. The molecule has 3 rings (SSSR count). The highest BCUT2D eigenvalue weighted by atomic mass is 35.5. The summed E-state index contributed by atoms with van der Waals surface area (Å²) < 4.78 is 0. The van der Waals surface area contributed by atoms with Gasteiger partial charge in [0.2, 0.25) is 5.91 Å². The molecule has 2 aromatic rings. The fraction of sp³-hybridized carbons (Fsp3) is 0.105. The van der Waals surface area contributed by atoms with Crippen LogP contribution in [-0.2, 0) is 9.59 Å². The summed E-state index contributed by atoms with van der Waals surface area (Å²) in [5.74, 6) is -0.900. The van der Waals surface area contributed by atoms with Crippen LogP contribution >= 0.6 is 23.2 Å². The molecule has 1 saturated heterocycles. The van der Waals surface area contributed by atoms with Crippen molar-refractivity contribution in [3.05, 3.63) is 69.2 Å². The second kappa shape index (κ2) is 6.82. The third kappa shape index (κ3) is 3.50. The van der Waals surface area contributed by atoms with Crippen LogP contribution in [0.2, 0.25) is 10.0 Å². The Morgan fingerprint density at radius 3 is 2.56 bits per heavy atom. The van der Waals surface area contributed by atoms with Gasteiger partial charge in [0.05, 0.1) is 12.1 Å². The van der Waals surface area contributed by atoms with E-state index in [0.717, 1.165) is 4.90 Å². The summed E-state index contributed by atoms with van der Waals surface area (Å²) >= 11 is 12.0. The molecule has 1 heterocycles. The van der Waals surface area contributed by atoms with Gasteiger partial charge in [0.15, 0.2) is 5.78 Å². The smallest absolute Gasteiger partial charge is 0.261 e. The molecule has 0 radical (unpaired) electrons. The molecule has 0 aliphatic carbocycles. The van der Waals surface area contributed by atoms with E-state index < -0.39 is 5.91 Å². The monoisotopic (exact) mass is 373 g/mol. The molecule has 0 bridgehead atoms. The van der Waals surface area contributed by atoms with Crippen LogP contribution in [0.15, 0.2) is 48.0 Å². The van der Waals surface area contributed by atoms with Crippen molar-refractivity contribution in [1.82, 2.24) is 0 Å². The van der Waals surface area contributed by atoms with Gasteiger partial charge in [-0.05, 0) is 42.8 Å². The molecule has 1 aliphatic rings. The lowest BCUT2D eigenvalue weighted by molar-refractivity contribution is -0.120. The van der Waals surface area contributed by atoms with Crippen LogP contribution in [0, 0.1) is 0 Å². The van der Waals surface area contributed by atoms with Gasteiger partial charge in [-0.25, -0.2) is 4.90 Å². The number of Topliss-reactive ketones (excluding diaryl/α,β-unsaturated/α-hetero) is 1. The first-order chi connectivity index (χ1) is 11.9. The fourth-order valence-corrected chi connectivity index (χ4v) is 3.08. The predicted octanol–water partition coefficient (Wildman–Crippen LogP) is 4.54. The lowest BCUT2D eigenvalue weighted by Gasteiger charge is -2.14. The zero-order valence-corrected chi connectivity index (χ0v) is 14.8. The van der Waals surface area contributed by atoms with Crippen LogP contribution in [0.5, 0.6) is 0 Å². The van der Waals surface area contributed by atoms with Crippen molar-refractivity contribution in [2.75, 3.05) is 4.90 Å². The first-order valence-electron chi connectivity index (χ1n) is 7.51. The van der Waals surface area contributed by atoms with E-state index in [9.17, 15) is 14.4 Å². The summed E-state index contributed by atoms with van der Waals surface area (Å²) in [6, 6.07) is 11.4. The molecule has 1 aliphatic heterocycles. The largest absolute Gasteiger partial charge is 0.295 e. The Bertz CT molecular complexity index is 934. The van der Waals surface area contributed by atoms with E-state index in [-0.39, 0.29) is 18.1 Å². The summed E-state index contributed by atoms with van der Waals surface area (Å²) in [7, 11) is 0. The van der Waals surface area contributed by atoms with Gasteiger partial charge < -0.3 is 0 Å². The Morgan fingerprint density at radius 1 is 1.12 bits per heavy atom. The highest BCUT2D eigenvalue weighted by Gasteiger charge is 2.35. The number of benzene rings is 2. The Labute approximate surface area is 154 Å². The van der Waals surface area contributed by atoms with E-state index in [1.807, 2.05) is 0 Å². The molecular formula is C19H13Cl2NO3. The first kappa shape index (κ1) is 17.4. The van der Waals surface area contributed by atoms with Gasteiger partial charge in [0, 0.05) is 21.2 Å². The minimum Gasteiger partial charge on any atom is -0.295 e. The van der Waals surface area contributed by atoms with Gasteiger partial charge in [-0.1, -0.05) is 41.4 Å². The number of carbonyl (C=O) groups excluding carboxylic acids is 3. The number of hydrogen-bond donors (Lipinski definition) is 0. The SMILES string of the molecule is CC(=O)c1cccc(N2C(=O)CC(=Cc3ccc(Cl)cc3Cl)C2=O)c1. The topological polar surface area (TPSA) is 54.5 Å². The maximum absolute atomic E-state index is 12.7. The molecule has 25 heavy (non-hydrogen) atoms. The number of amides is 2. The van der Waals surface area contributed by atoms with Gasteiger partial charge in [-0.3, -0.25) is 14.4 Å². The van der Waals surface area contributed by atoms with E-state index in [1.54, 1.807) is 42.5 Å². The van der Waals surface area contributed by atoms with Crippen LogP contribution in [0.25, 0.3) is 6.08 Å². The number of imide groups is 1. The fourth-order valence-electron chi connectivity index (χ4n) is 2.62. The predicted molar refractivity (Wildman–Crippen MR) is 98.0 cm³/mol. The second-order valence-corrected chi connectivity index (χ2v) is 6.50. The molecule has 4 nitrogen and oxygen atoms in total. The minimum atomic E-state index is -0.420. The first-order valence-corrected chi connectivity index (χ1v) is 8.26. The highest BCUT2D eigenvalue weighted by Crippen LogP contribution is 2.30. The maximum atomic E-state index is 12.7. The van der Waals surface area contributed by atoms with Crippen molar-refractivity contribution < 1.29 is 14.4 Å². The third-order valence-electron chi connectivity index (χ3n) is 3.87. The molecule has 1 fully saturated rings. The van der Waals surface area contributed by atoms with E-state index in [1.165, 1.54) is 13.0 Å². The number of carbonyl (C=O) groups is 3. The second-order valence-electron chi connectivity index (χ2n) is 5.65. The van der Waals surface area contributed by atoms with Crippen LogP contribution < -0.4 is 4.90 Å². The quantitative estimate of drug-likeness (QED) is 0.450. The Hall–Kier alpha value is -2.43. The van der Waals surface area contributed by atoms with Gasteiger partial charge in [-0.15, -0.1) is 0 Å². The molecule has 0 saturated carbocycles. The Morgan fingerprint density at radius 2 is 1.88 bits per heavy atom. The molecule has 0 atom stereocenters. The van der Waals surface area contributed by atoms with E-state index in [0.29, 0.717) is 32.4 Å². The third-order valence-corrected chi connectivity index (χ3v) is 4.43. The average molecular weight is 374 g/mol. The van der Waals surface area contributed by atoms with E-state index in [4.69, 9.17) is 23.2 Å². The average Bonchev–Trinajstić information content (AvgIpc) is 2.84. The summed E-state index contributed by atoms with van der Waals surface area (Å²) in [4.78, 5) is 37.6. The lowest BCUT2D eigenvalue weighted by atomic mass is 10.1.